The summed E-state index contributed by atoms with van der Waals surface area (Å²) in [5.74, 6) is 0. The Balaban J connectivity index is 1.61. The van der Waals surface area contributed by atoms with Gasteiger partial charge in [0.05, 0.1) is 12.2 Å². The van der Waals surface area contributed by atoms with Crippen LogP contribution in [0.15, 0.2) is 0 Å². The van der Waals surface area contributed by atoms with Crippen LogP contribution < -0.4 is 0 Å². The average molecular weight is 211 g/mol. The molecule has 0 bridgehead atoms. The van der Waals surface area contributed by atoms with Gasteiger partial charge in [-0.3, -0.25) is 0 Å². The zero-order chi connectivity index (χ0) is 10.6. The molecule has 1 heterocycles. The summed E-state index contributed by atoms with van der Waals surface area (Å²) in [6, 6.07) is 0. The highest BCUT2D eigenvalue weighted by atomic mass is 16.5. The number of hydrogen-bond donors (Lipinski definition) is 0. The summed E-state index contributed by atoms with van der Waals surface area (Å²) in [4.78, 5) is 2.56. The number of rotatable bonds is 4. The zero-order valence-electron chi connectivity index (χ0n) is 10.1. The second-order valence-corrected chi connectivity index (χ2v) is 5.41. The molecule has 2 fully saturated rings. The van der Waals surface area contributed by atoms with Crippen molar-refractivity contribution in [1.82, 2.24) is 4.90 Å². The van der Waals surface area contributed by atoms with Crippen molar-refractivity contribution in [2.75, 3.05) is 26.2 Å². The summed E-state index contributed by atoms with van der Waals surface area (Å²) in [5, 5.41) is 0. The quantitative estimate of drug-likeness (QED) is 0.709. The molecule has 0 aromatic carbocycles. The van der Waals surface area contributed by atoms with Crippen LogP contribution in [0.2, 0.25) is 0 Å². The standard InChI is InChI=1S/C13H25NO/c1-13(7-3-4-8-13)15-12-11-14-9-5-2-6-10-14/h2-12H2,1H3. The van der Waals surface area contributed by atoms with Crippen LogP contribution in [0.5, 0.6) is 0 Å². The van der Waals surface area contributed by atoms with Crippen molar-refractivity contribution in [3.63, 3.8) is 0 Å². The van der Waals surface area contributed by atoms with E-state index in [-0.39, 0.29) is 5.60 Å². The first kappa shape index (κ1) is 11.4. The van der Waals surface area contributed by atoms with Gasteiger partial charge in [-0.25, -0.2) is 0 Å². The van der Waals surface area contributed by atoms with Gasteiger partial charge in [-0.1, -0.05) is 19.3 Å². The van der Waals surface area contributed by atoms with Crippen molar-refractivity contribution < 1.29 is 4.74 Å². The van der Waals surface area contributed by atoms with Crippen LogP contribution in [-0.4, -0.2) is 36.7 Å². The van der Waals surface area contributed by atoms with E-state index in [9.17, 15) is 0 Å². The zero-order valence-corrected chi connectivity index (χ0v) is 10.1. The van der Waals surface area contributed by atoms with Gasteiger partial charge in [0, 0.05) is 6.54 Å². The predicted molar refractivity (Wildman–Crippen MR) is 63.1 cm³/mol. The number of piperidine rings is 1. The second kappa shape index (κ2) is 5.31. The van der Waals surface area contributed by atoms with Crippen LogP contribution >= 0.6 is 0 Å². The number of nitrogens with zero attached hydrogens (tertiary/aromatic N) is 1. The maximum absolute atomic E-state index is 6.05. The average Bonchev–Trinajstić information content (AvgIpc) is 2.67. The van der Waals surface area contributed by atoms with E-state index in [0.29, 0.717) is 0 Å². The molecule has 0 aromatic heterocycles. The molecule has 0 spiro atoms. The van der Waals surface area contributed by atoms with Crippen LogP contribution in [0.4, 0.5) is 0 Å². The van der Waals surface area contributed by atoms with Crippen LogP contribution in [0.1, 0.15) is 51.9 Å². The summed E-state index contributed by atoms with van der Waals surface area (Å²) >= 11 is 0. The van der Waals surface area contributed by atoms with Gasteiger partial charge >= 0.3 is 0 Å². The Morgan fingerprint density at radius 2 is 1.67 bits per heavy atom. The van der Waals surface area contributed by atoms with Crippen LogP contribution in [-0.2, 0) is 4.74 Å². The summed E-state index contributed by atoms with van der Waals surface area (Å²) in [7, 11) is 0. The lowest BCUT2D eigenvalue weighted by Gasteiger charge is -2.29. The van der Waals surface area contributed by atoms with Crippen molar-refractivity contribution >= 4 is 0 Å². The SMILES string of the molecule is CC1(OCCN2CCCCC2)CCCC1. The van der Waals surface area contributed by atoms with Gasteiger partial charge in [0.1, 0.15) is 0 Å². The Bertz CT molecular complexity index is 181. The van der Waals surface area contributed by atoms with Gasteiger partial charge in [-0.15, -0.1) is 0 Å². The molecular weight excluding hydrogens is 186 g/mol. The molecule has 0 atom stereocenters. The Hall–Kier alpha value is -0.0800. The maximum atomic E-state index is 6.05. The third-order valence-corrected chi connectivity index (χ3v) is 3.97. The predicted octanol–water partition coefficient (Wildman–Crippen LogP) is 2.82. The molecule has 88 valence electrons. The van der Waals surface area contributed by atoms with E-state index in [4.69, 9.17) is 4.74 Å². The Morgan fingerprint density at radius 3 is 2.33 bits per heavy atom. The van der Waals surface area contributed by atoms with Gasteiger partial charge in [0.2, 0.25) is 0 Å². The molecule has 1 aliphatic carbocycles. The first-order valence-electron chi connectivity index (χ1n) is 6.65. The second-order valence-electron chi connectivity index (χ2n) is 5.41. The molecule has 2 nitrogen and oxygen atoms in total. The first-order valence-corrected chi connectivity index (χ1v) is 6.65. The maximum Gasteiger partial charge on any atom is 0.0655 e. The molecule has 2 aliphatic rings. The molecular formula is C13H25NO. The Labute approximate surface area is 94.0 Å². The summed E-state index contributed by atoms with van der Waals surface area (Å²) < 4.78 is 6.05. The van der Waals surface area contributed by atoms with Crippen molar-refractivity contribution in [3.05, 3.63) is 0 Å². The van der Waals surface area contributed by atoms with E-state index in [2.05, 4.69) is 11.8 Å². The number of likely N-dealkylation sites (tertiary alicyclic amines) is 1. The van der Waals surface area contributed by atoms with Crippen molar-refractivity contribution in [1.29, 1.82) is 0 Å². The van der Waals surface area contributed by atoms with E-state index in [0.717, 1.165) is 13.2 Å². The topological polar surface area (TPSA) is 12.5 Å². The third-order valence-electron chi connectivity index (χ3n) is 3.97. The van der Waals surface area contributed by atoms with Crippen LogP contribution in [0, 0.1) is 0 Å². The van der Waals surface area contributed by atoms with Crippen LogP contribution in [0.3, 0.4) is 0 Å². The summed E-state index contributed by atoms with van der Waals surface area (Å²) in [6.45, 7) is 6.96. The molecule has 0 aromatic rings. The van der Waals surface area contributed by atoms with Crippen molar-refractivity contribution in [2.24, 2.45) is 0 Å². The lowest BCUT2D eigenvalue weighted by molar-refractivity contribution is -0.0357. The highest BCUT2D eigenvalue weighted by Gasteiger charge is 2.29. The van der Waals surface area contributed by atoms with Gasteiger partial charge in [0.25, 0.3) is 0 Å². The van der Waals surface area contributed by atoms with E-state index in [1.165, 1.54) is 58.0 Å². The fourth-order valence-electron chi connectivity index (χ4n) is 2.87. The summed E-state index contributed by atoms with van der Waals surface area (Å²) in [5.41, 5.74) is 0.218. The Kier molecular flexibility index (Phi) is 4.04. The van der Waals surface area contributed by atoms with E-state index in [1.54, 1.807) is 0 Å². The number of hydrogen-bond acceptors (Lipinski definition) is 2. The van der Waals surface area contributed by atoms with Crippen molar-refractivity contribution in [2.45, 2.75) is 57.5 Å². The molecule has 0 unspecified atom stereocenters. The van der Waals surface area contributed by atoms with E-state index >= 15 is 0 Å². The molecule has 0 radical (unpaired) electrons. The molecule has 1 aliphatic heterocycles. The number of ether oxygens (including phenoxy) is 1. The molecule has 1 saturated carbocycles. The van der Waals surface area contributed by atoms with Gasteiger partial charge in [-0.05, 0) is 45.7 Å². The summed E-state index contributed by atoms with van der Waals surface area (Å²) in [6.07, 6.45) is 9.46. The van der Waals surface area contributed by atoms with E-state index in [1.807, 2.05) is 0 Å². The largest absolute Gasteiger partial charge is 0.374 e. The smallest absolute Gasteiger partial charge is 0.0655 e. The fraction of sp³-hybridized carbons (Fsp3) is 1.00. The minimum Gasteiger partial charge on any atom is -0.374 e. The molecule has 1 saturated heterocycles. The third kappa shape index (κ3) is 3.46. The fourth-order valence-corrected chi connectivity index (χ4v) is 2.87. The monoisotopic (exact) mass is 211 g/mol. The van der Waals surface area contributed by atoms with Gasteiger partial charge in [-0.2, -0.15) is 0 Å². The highest BCUT2D eigenvalue weighted by Crippen LogP contribution is 2.32. The molecule has 2 heteroatoms. The molecule has 0 N–H and O–H groups in total. The normalized spacial score (nSPS) is 27.0. The first-order chi connectivity index (χ1) is 7.29. The van der Waals surface area contributed by atoms with Crippen LogP contribution in [0.25, 0.3) is 0 Å². The van der Waals surface area contributed by atoms with Crippen molar-refractivity contribution in [3.8, 4) is 0 Å². The van der Waals surface area contributed by atoms with Gasteiger partial charge < -0.3 is 9.64 Å². The Morgan fingerprint density at radius 1 is 1.00 bits per heavy atom. The van der Waals surface area contributed by atoms with Gasteiger partial charge in [0.15, 0.2) is 0 Å². The van der Waals surface area contributed by atoms with E-state index < -0.39 is 0 Å². The lowest BCUT2D eigenvalue weighted by atomic mass is 10.1. The minimum atomic E-state index is 0.218. The minimum absolute atomic E-state index is 0.218. The highest BCUT2D eigenvalue weighted by molar-refractivity contribution is 4.81. The lowest BCUT2D eigenvalue weighted by Crippen LogP contribution is -2.35. The molecule has 15 heavy (non-hydrogen) atoms. The molecule has 0 amide bonds. The molecule has 2 rings (SSSR count).